The molecule has 118 valence electrons. The lowest BCUT2D eigenvalue weighted by Gasteiger charge is -2.09. The molecule has 0 N–H and O–H groups in total. The number of hydrogen-bond acceptors (Lipinski definition) is 5. The minimum atomic E-state index is -0.307. The van der Waals surface area contributed by atoms with Gasteiger partial charge in [0.15, 0.2) is 11.5 Å². The van der Waals surface area contributed by atoms with Crippen LogP contribution in [0.1, 0.15) is 11.1 Å². The second kappa shape index (κ2) is 6.08. The number of ether oxygens (including phenoxy) is 2. The molecule has 0 amide bonds. The van der Waals surface area contributed by atoms with Gasteiger partial charge in [0, 0.05) is 17.2 Å². The summed E-state index contributed by atoms with van der Waals surface area (Å²) in [6, 6.07) is 9.64. The maximum atomic E-state index is 13.2. The normalized spacial score (nSPS) is 14.4. The summed E-state index contributed by atoms with van der Waals surface area (Å²) < 4.78 is 23.8. The molecule has 0 aromatic heterocycles. The first-order chi connectivity index (χ1) is 11.2. The second-order valence-electron chi connectivity index (χ2n) is 4.81. The van der Waals surface area contributed by atoms with Gasteiger partial charge in [0.1, 0.15) is 24.4 Å². The number of nitrogens with zero attached hydrogens (tertiary/aromatic N) is 2. The summed E-state index contributed by atoms with van der Waals surface area (Å²) in [6.45, 7) is 0. The molecule has 0 atom stereocenters. The summed E-state index contributed by atoms with van der Waals surface area (Å²) in [5.74, 6) is 0.844. The second-order valence-corrected chi connectivity index (χ2v) is 4.81. The lowest BCUT2D eigenvalue weighted by molar-refractivity contribution is 0.214. The van der Waals surface area contributed by atoms with Gasteiger partial charge in [-0.05, 0) is 30.3 Å². The number of halogens is 1. The Labute approximate surface area is 133 Å². The Morgan fingerprint density at radius 1 is 0.957 bits per heavy atom. The van der Waals surface area contributed by atoms with E-state index in [2.05, 4.69) is 10.1 Å². The molecule has 6 heteroatoms. The highest BCUT2D eigenvalue weighted by Crippen LogP contribution is 2.39. The molecule has 0 saturated heterocycles. The van der Waals surface area contributed by atoms with Crippen molar-refractivity contribution >= 4 is 17.1 Å². The topological polar surface area (TPSA) is 52.4 Å². The minimum Gasteiger partial charge on any atom is -0.493 e. The molecule has 0 spiro atoms. The van der Waals surface area contributed by atoms with Crippen LogP contribution in [0, 0.1) is 5.82 Å². The van der Waals surface area contributed by atoms with Crippen LogP contribution in [0.4, 0.5) is 10.1 Å². The van der Waals surface area contributed by atoms with Gasteiger partial charge < -0.3 is 14.3 Å². The summed E-state index contributed by atoms with van der Waals surface area (Å²) in [7, 11) is 4.59. The smallest absolute Gasteiger partial charge is 0.162 e. The van der Waals surface area contributed by atoms with E-state index < -0.39 is 0 Å². The van der Waals surface area contributed by atoms with Gasteiger partial charge in [-0.3, -0.25) is 0 Å². The Morgan fingerprint density at radius 2 is 1.61 bits per heavy atom. The van der Waals surface area contributed by atoms with Crippen LogP contribution in [-0.4, -0.2) is 32.8 Å². The van der Waals surface area contributed by atoms with Crippen LogP contribution in [0.25, 0.3) is 0 Å². The SMILES string of the molecule is CO/N=C1\C(c2ccc(F)cc2)=Nc2cc(OC)c(OC)cc21. The lowest BCUT2D eigenvalue weighted by atomic mass is 10.0. The molecule has 1 aliphatic rings. The van der Waals surface area contributed by atoms with Gasteiger partial charge in [0.2, 0.25) is 0 Å². The molecule has 2 aromatic carbocycles. The lowest BCUT2D eigenvalue weighted by Crippen LogP contribution is -2.13. The largest absolute Gasteiger partial charge is 0.493 e. The van der Waals surface area contributed by atoms with E-state index in [1.807, 2.05) is 0 Å². The first kappa shape index (κ1) is 15.0. The third kappa shape index (κ3) is 2.63. The van der Waals surface area contributed by atoms with Crippen molar-refractivity contribution in [2.45, 2.75) is 0 Å². The van der Waals surface area contributed by atoms with Crippen LogP contribution < -0.4 is 9.47 Å². The van der Waals surface area contributed by atoms with Crippen molar-refractivity contribution in [3.63, 3.8) is 0 Å². The number of oxime groups is 1. The van der Waals surface area contributed by atoms with Gasteiger partial charge in [0.05, 0.1) is 19.9 Å². The van der Waals surface area contributed by atoms with Crippen LogP contribution in [0.15, 0.2) is 46.5 Å². The van der Waals surface area contributed by atoms with E-state index in [1.54, 1.807) is 38.5 Å². The molecule has 0 bridgehead atoms. The summed E-state index contributed by atoms with van der Waals surface area (Å²) in [5, 5.41) is 4.07. The maximum absolute atomic E-state index is 13.2. The fraction of sp³-hybridized carbons (Fsp3) is 0.176. The molecular formula is C17H15FN2O3. The molecule has 0 saturated carbocycles. The van der Waals surface area contributed by atoms with Crippen molar-refractivity contribution in [3.05, 3.63) is 53.3 Å². The average molecular weight is 314 g/mol. The maximum Gasteiger partial charge on any atom is 0.162 e. The molecule has 3 rings (SSSR count). The summed E-state index contributed by atoms with van der Waals surface area (Å²) >= 11 is 0. The van der Waals surface area contributed by atoms with Crippen LogP contribution in [0.3, 0.4) is 0 Å². The molecule has 2 aromatic rings. The van der Waals surface area contributed by atoms with Gasteiger partial charge >= 0.3 is 0 Å². The predicted molar refractivity (Wildman–Crippen MR) is 85.7 cm³/mol. The van der Waals surface area contributed by atoms with Crippen molar-refractivity contribution in [1.82, 2.24) is 0 Å². The van der Waals surface area contributed by atoms with Crippen LogP contribution in [0.2, 0.25) is 0 Å². The fourth-order valence-corrected chi connectivity index (χ4v) is 2.44. The Balaban J connectivity index is 2.15. The summed E-state index contributed by atoms with van der Waals surface area (Å²) in [5.41, 5.74) is 3.38. The molecule has 5 nitrogen and oxygen atoms in total. The predicted octanol–water partition coefficient (Wildman–Crippen LogP) is 3.33. The van der Waals surface area contributed by atoms with Gasteiger partial charge in [0.25, 0.3) is 0 Å². The van der Waals surface area contributed by atoms with Crippen molar-refractivity contribution < 1.29 is 18.7 Å². The molecule has 0 radical (unpaired) electrons. The van der Waals surface area contributed by atoms with Gasteiger partial charge in [-0.15, -0.1) is 0 Å². The molecule has 1 heterocycles. The summed E-state index contributed by atoms with van der Waals surface area (Å²) in [6.07, 6.45) is 0. The van der Waals surface area contributed by atoms with Crippen molar-refractivity contribution in [3.8, 4) is 11.5 Å². The molecule has 23 heavy (non-hydrogen) atoms. The highest BCUT2D eigenvalue weighted by molar-refractivity contribution is 6.56. The third-order valence-corrected chi connectivity index (χ3v) is 3.51. The monoisotopic (exact) mass is 314 g/mol. The van der Waals surface area contributed by atoms with E-state index in [-0.39, 0.29) is 5.82 Å². The Morgan fingerprint density at radius 3 is 2.22 bits per heavy atom. The first-order valence-corrected chi connectivity index (χ1v) is 6.90. The van der Waals surface area contributed by atoms with E-state index in [1.165, 1.54) is 19.2 Å². The highest BCUT2D eigenvalue weighted by atomic mass is 19.1. The van der Waals surface area contributed by atoms with Gasteiger partial charge in [-0.2, -0.15) is 0 Å². The zero-order chi connectivity index (χ0) is 16.4. The van der Waals surface area contributed by atoms with Crippen molar-refractivity contribution in [2.75, 3.05) is 21.3 Å². The van der Waals surface area contributed by atoms with Crippen LogP contribution in [-0.2, 0) is 4.84 Å². The van der Waals surface area contributed by atoms with Crippen LogP contribution >= 0.6 is 0 Å². The zero-order valence-corrected chi connectivity index (χ0v) is 13.0. The highest BCUT2D eigenvalue weighted by Gasteiger charge is 2.27. The van der Waals surface area contributed by atoms with E-state index in [0.29, 0.717) is 28.6 Å². The zero-order valence-electron chi connectivity index (χ0n) is 13.0. The molecule has 0 aliphatic carbocycles. The van der Waals surface area contributed by atoms with E-state index in [9.17, 15) is 4.39 Å². The molecular weight excluding hydrogens is 299 g/mol. The summed E-state index contributed by atoms with van der Waals surface area (Å²) in [4.78, 5) is 9.53. The van der Waals surface area contributed by atoms with Crippen LogP contribution in [0.5, 0.6) is 11.5 Å². The van der Waals surface area contributed by atoms with E-state index >= 15 is 0 Å². The van der Waals surface area contributed by atoms with Crippen molar-refractivity contribution in [1.29, 1.82) is 0 Å². The number of benzene rings is 2. The number of fused-ring (bicyclic) bond motifs is 1. The van der Waals surface area contributed by atoms with E-state index in [0.717, 1.165) is 11.1 Å². The number of aliphatic imine (C=N–C) groups is 1. The molecule has 0 unspecified atom stereocenters. The standard InChI is InChI=1S/C17H15FN2O3/c1-21-14-8-12-13(9-15(14)22-2)19-16(17(12)20-23-3)10-4-6-11(18)7-5-10/h4-9H,1-3H3/b20-17-. The quantitative estimate of drug-likeness (QED) is 0.813. The molecule has 1 aliphatic heterocycles. The Hall–Kier alpha value is -2.89. The van der Waals surface area contributed by atoms with Gasteiger partial charge in [-0.25, -0.2) is 9.38 Å². The van der Waals surface area contributed by atoms with Gasteiger partial charge in [-0.1, -0.05) is 5.16 Å². The van der Waals surface area contributed by atoms with E-state index in [4.69, 9.17) is 14.3 Å². The fourth-order valence-electron chi connectivity index (χ4n) is 2.44. The minimum absolute atomic E-state index is 0.307. The number of rotatable bonds is 4. The molecule has 0 fully saturated rings. The number of methoxy groups -OCH3 is 2. The number of hydrogen-bond donors (Lipinski definition) is 0. The third-order valence-electron chi connectivity index (χ3n) is 3.51. The average Bonchev–Trinajstić information content (AvgIpc) is 2.92. The Kier molecular flexibility index (Phi) is 3.97. The van der Waals surface area contributed by atoms with Crippen molar-refractivity contribution in [2.24, 2.45) is 10.1 Å². The first-order valence-electron chi connectivity index (χ1n) is 6.90. The Bertz CT molecular complexity index is 798.